The second-order valence-corrected chi connectivity index (χ2v) is 19.4. The first-order chi connectivity index (χ1) is 33.1. The van der Waals surface area contributed by atoms with Crippen molar-refractivity contribution in [1.82, 2.24) is 0 Å². The minimum Gasteiger partial charge on any atom is -0.457 e. The Bertz CT molecular complexity index is 1220. The van der Waals surface area contributed by atoms with Crippen molar-refractivity contribution in [3.8, 4) is 0 Å². The highest BCUT2D eigenvalue weighted by Gasteiger charge is 2.47. The minimum absolute atomic E-state index is 0.0581. The Morgan fingerprint density at radius 3 is 1.47 bits per heavy atom. The number of hydrogen-bond donors (Lipinski definition) is 7. The Labute approximate surface area is 411 Å². The fraction of sp³-hybridized carbons (Fsp3) is 0.907. The van der Waals surface area contributed by atoms with Crippen LogP contribution in [0.25, 0.3) is 0 Å². The van der Waals surface area contributed by atoms with Gasteiger partial charge in [-0.25, -0.2) is 0 Å². The summed E-state index contributed by atoms with van der Waals surface area (Å²) in [5.41, 5.74) is 0. The highest BCUT2D eigenvalue weighted by atomic mass is 16.7. The number of allylic oxidation sites excluding steroid dienone is 4. The molecule has 0 aromatic rings. The third-order valence-electron chi connectivity index (χ3n) is 13.2. The molecule has 2 aliphatic heterocycles. The second kappa shape index (κ2) is 42.0. The third kappa shape index (κ3) is 29.1. The normalized spacial score (nSPS) is 26.0. The van der Waals surface area contributed by atoms with Crippen LogP contribution in [0.15, 0.2) is 24.3 Å². The van der Waals surface area contributed by atoms with Gasteiger partial charge in [0, 0.05) is 13.0 Å². The van der Waals surface area contributed by atoms with Crippen molar-refractivity contribution < 1.29 is 69.0 Å². The molecule has 0 saturated carbocycles. The first-order valence-corrected chi connectivity index (χ1v) is 27.4. The number of hydrogen-bond acceptors (Lipinski definition) is 14. The summed E-state index contributed by atoms with van der Waals surface area (Å²) in [6, 6.07) is 0. The van der Waals surface area contributed by atoms with E-state index in [1.807, 2.05) is 0 Å². The Morgan fingerprint density at radius 1 is 0.485 bits per heavy atom. The van der Waals surface area contributed by atoms with E-state index in [1.54, 1.807) is 0 Å². The first kappa shape index (κ1) is 62.6. The predicted molar refractivity (Wildman–Crippen MR) is 266 cm³/mol. The number of ether oxygens (including phenoxy) is 6. The van der Waals surface area contributed by atoms with Gasteiger partial charge in [-0.3, -0.25) is 4.79 Å². The van der Waals surface area contributed by atoms with Crippen molar-refractivity contribution >= 4 is 5.97 Å². The summed E-state index contributed by atoms with van der Waals surface area (Å²) in [5, 5.41) is 72.2. The fourth-order valence-electron chi connectivity index (χ4n) is 8.74. The van der Waals surface area contributed by atoms with Crippen LogP contribution in [0.1, 0.15) is 213 Å². The van der Waals surface area contributed by atoms with Gasteiger partial charge in [-0.1, -0.05) is 192 Å². The highest BCUT2D eigenvalue weighted by molar-refractivity contribution is 5.69. The van der Waals surface area contributed by atoms with Crippen LogP contribution in [0.4, 0.5) is 0 Å². The number of carbonyl (C=O) groups excluding carboxylic acids is 1. The Morgan fingerprint density at radius 2 is 0.941 bits per heavy atom. The smallest absolute Gasteiger partial charge is 0.306 e. The highest BCUT2D eigenvalue weighted by Crippen LogP contribution is 2.27. The van der Waals surface area contributed by atoms with Crippen molar-refractivity contribution in [1.29, 1.82) is 0 Å². The summed E-state index contributed by atoms with van der Waals surface area (Å²) in [4.78, 5) is 13.0. The van der Waals surface area contributed by atoms with E-state index < -0.39 is 80.7 Å². The van der Waals surface area contributed by atoms with Gasteiger partial charge in [-0.05, 0) is 38.5 Å². The van der Waals surface area contributed by atoms with Crippen LogP contribution in [0, 0.1) is 0 Å². The summed E-state index contributed by atoms with van der Waals surface area (Å²) in [6.45, 7) is 3.63. The number of aliphatic hydroxyl groups is 7. The zero-order valence-electron chi connectivity index (χ0n) is 42.6. The number of aliphatic hydroxyl groups excluding tert-OH is 7. The molecule has 14 nitrogen and oxygen atoms in total. The molecule has 68 heavy (non-hydrogen) atoms. The van der Waals surface area contributed by atoms with E-state index in [4.69, 9.17) is 28.4 Å². The number of unbranched alkanes of at least 4 members (excludes halogenated alkanes) is 26. The molecule has 0 amide bonds. The molecule has 2 aliphatic rings. The molecule has 2 heterocycles. The lowest BCUT2D eigenvalue weighted by Crippen LogP contribution is -2.61. The molecule has 2 fully saturated rings. The topological polar surface area (TPSA) is 214 Å². The third-order valence-corrected chi connectivity index (χ3v) is 13.2. The van der Waals surface area contributed by atoms with Crippen molar-refractivity contribution in [3.63, 3.8) is 0 Å². The number of carbonyl (C=O) groups is 1. The summed E-state index contributed by atoms with van der Waals surface area (Å²) in [7, 11) is 0. The molecule has 11 atom stereocenters. The molecule has 0 aromatic heterocycles. The van der Waals surface area contributed by atoms with Gasteiger partial charge in [0.25, 0.3) is 0 Å². The lowest BCUT2D eigenvalue weighted by atomic mass is 9.98. The maximum atomic E-state index is 13.0. The quantitative estimate of drug-likeness (QED) is 0.0173. The fourth-order valence-corrected chi connectivity index (χ4v) is 8.74. The molecule has 0 bridgehead atoms. The molecule has 0 radical (unpaired) electrons. The van der Waals surface area contributed by atoms with Crippen LogP contribution in [-0.4, -0.2) is 142 Å². The lowest BCUT2D eigenvalue weighted by Gasteiger charge is -2.42. The van der Waals surface area contributed by atoms with E-state index in [0.717, 1.165) is 64.2 Å². The number of esters is 1. The zero-order valence-corrected chi connectivity index (χ0v) is 42.6. The number of rotatable bonds is 44. The van der Waals surface area contributed by atoms with Crippen LogP contribution in [-0.2, 0) is 33.2 Å². The summed E-state index contributed by atoms with van der Waals surface area (Å²) >= 11 is 0. The minimum atomic E-state index is -1.71. The molecular weight excluding hydrogens is 873 g/mol. The molecule has 0 spiro atoms. The molecule has 2 rings (SSSR count). The maximum absolute atomic E-state index is 13.0. The van der Waals surface area contributed by atoms with E-state index in [2.05, 4.69) is 38.2 Å². The van der Waals surface area contributed by atoms with E-state index in [0.29, 0.717) is 13.0 Å². The first-order valence-electron chi connectivity index (χ1n) is 27.4. The van der Waals surface area contributed by atoms with Gasteiger partial charge in [0.15, 0.2) is 12.6 Å². The van der Waals surface area contributed by atoms with Gasteiger partial charge in [-0.15, -0.1) is 0 Å². The molecule has 7 N–H and O–H groups in total. The van der Waals surface area contributed by atoms with Gasteiger partial charge in [0.1, 0.15) is 54.9 Å². The Hall–Kier alpha value is -1.53. The van der Waals surface area contributed by atoms with E-state index in [1.165, 1.54) is 122 Å². The van der Waals surface area contributed by atoms with Crippen molar-refractivity contribution in [3.05, 3.63) is 24.3 Å². The summed E-state index contributed by atoms with van der Waals surface area (Å²) < 4.78 is 34.3. The average molecular weight is 973 g/mol. The molecule has 14 heteroatoms. The molecule has 11 unspecified atom stereocenters. The predicted octanol–water partition coefficient (Wildman–Crippen LogP) is 8.80. The Balaban J connectivity index is 1.73. The van der Waals surface area contributed by atoms with Gasteiger partial charge < -0.3 is 64.2 Å². The van der Waals surface area contributed by atoms with Crippen LogP contribution < -0.4 is 0 Å². The SMILES string of the molecule is CCC/C=C\C/C=C\CCCCCCCCOCC(COC1OC(COC2OC(CO)C(O)C(O)C2O)C(O)C(O)C1O)OC(=O)CCCCCCCCCCCCCCCCCCCCCC. The Kier molecular flexibility index (Phi) is 38.7. The lowest BCUT2D eigenvalue weighted by molar-refractivity contribution is -0.332. The maximum Gasteiger partial charge on any atom is 0.306 e. The summed E-state index contributed by atoms with van der Waals surface area (Å²) in [5.74, 6) is -0.376. The molecular formula is C54H100O14. The van der Waals surface area contributed by atoms with E-state index in [9.17, 15) is 40.5 Å². The van der Waals surface area contributed by atoms with E-state index in [-0.39, 0.29) is 25.6 Å². The summed E-state index contributed by atoms with van der Waals surface area (Å²) in [6.07, 6.45) is 29.5. The van der Waals surface area contributed by atoms with Crippen molar-refractivity contribution in [2.75, 3.05) is 33.0 Å². The average Bonchev–Trinajstić information content (AvgIpc) is 3.33. The van der Waals surface area contributed by atoms with Crippen molar-refractivity contribution in [2.45, 2.75) is 280 Å². The van der Waals surface area contributed by atoms with Crippen molar-refractivity contribution in [2.24, 2.45) is 0 Å². The zero-order chi connectivity index (χ0) is 49.5. The second-order valence-electron chi connectivity index (χ2n) is 19.4. The molecule has 2 saturated heterocycles. The van der Waals surface area contributed by atoms with Gasteiger partial charge in [-0.2, -0.15) is 0 Å². The van der Waals surface area contributed by atoms with Gasteiger partial charge >= 0.3 is 5.97 Å². The monoisotopic (exact) mass is 973 g/mol. The molecule has 0 aromatic carbocycles. The van der Waals surface area contributed by atoms with Gasteiger partial charge in [0.05, 0.1) is 26.4 Å². The molecule has 400 valence electrons. The van der Waals surface area contributed by atoms with Crippen LogP contribution in [0.3, 0.4) is 0 Å². The van der Waals surface area contributed by atoms with Gasteiger partial charge in [0.2, 0.25) is 0 Å². The van der Waals surface area contributed by atoms with Crippen LogP contribution in [0.2, 0.25) is 0 Å². The largest absolute Gasteiger partial charge is 0.457 e. The molecule has 0 aliphatic carbocycles. The standard InChI is InChI=1S/C54H100O14/c1-3-5-7-9-11-13-15-17-19-20-21-22-23-24-25-27-29-31-33-35-37-46(56)66-43(40-63-38-36-34-32-30-28-26-18-16-14-12-10-8-6-4-2)41-64-53-52(62)50(60)48(58)45(68-53)42-65-54-51(61)49(59)47(57)44(39-55)67-54/h8,10,14,16,43-45,47-55,57-62H,3-7,9,11-13,15,17-42H2,1-2H3/b10-8-,16-14-. The van der Waals surface area contributed by atoms with Crippen LogP contribution >= 0.6 is 0 Å². The van der Waals surface area contributed by atoms with E-state index >= 15 is 0 Å². The van der Waals surface area contributed by atoms with Crippen LogP contribution in [0.5, 0.6) is 0 Å².